The first-order chi connectivity index (χ1) is 7.81. The molecule has 0 radical (unpaired) electrons. The van der Waals surface area contributed by atoms with Gasteiger partial charge in [-0.15, -0.1) is 0 Å². The third kappa shape index (κ3) is 4.18. The van der Waals surface area contributed by atoms with Gasteiger partial charge in [0.15, 0.2) is 0 Å². The molecule has 0 spiro atoms. The van der Waals surface area contributed by atoms with Gasteiger partial charge in [-0.25, -0.2) is 0 Å². The van der Waals surface area contributed by atoms with Crippen LogP contribution in [-0.2, 0) is 6.54 Å². The van der Waals surface area contributed by atoms with Crippen LogP contribution in [0.1, 0.15) is 38.8 Å². The Bertz CT molecular complexity index is 278. The zero-order chi connectivity index (χ0) is 11.8. The molecule has 0 saturated heterocycles. The number of nitrogens with zero attached hydrogens (tertiary/aromatic N) is 2. The summed E-state index contributed by atoms with van der Waals surface area (Å²) in [6.07, 6.45) is 5.33. The maximum absolute atomic E-state index is 4.34. The molecule has 0 bridgehead atoms. The van der Waals surface area contributed by atoms with Crippen LogP contribution in [-0.4, -0.2) is 27.8 Å². The minimum absolute atomic E-state index is 0.449. The fraction of sp³-hybridized carbons (Fsp3) is 0.750. The summed E-state index contributed by atoms with van der Waals surface area (Å²) in [6, 6.07) is 0.449. The Morgan fingerprint density at radius 2 is 2.25 bits per heavy atom. The number of thioether (sulfide) groups is 1. The Labute approximate surface area is 103 Å². The molecule has 0 aliphatic rings. The van der Waals surface area contributed by atoms with Crippen molar-refractivity contribution >= 4 is 11.8 Å². The van der Waals surface area contributed by atoms with E-state index >= 15 is 0 Å². The van der Waals surface area contributed by atoms with Crippen molar-refractivity contribution in [2.45, 2.75) is 39.8 Å². The zero-order valence-corrected chi connectivity index (χ0v) is 11.4. The van der Waals surface area contributed by atoms with Crippen molar-refractivity contribution in [1.82, 2.24) is 15.1 Å². The first-order valence-electron chi connectivity index (χ1n) is 6.15. The van der Waals surface area contributed by atoms with E-state index in [1.54, 1.807) is 0 Å². The molecule has 16 heavy (non-hydrogen) atoms. The third-order valence-electron chi connectivity index (χ3n) is 2.51. The van der Waals surface area contributed by atoms with Crippen LogP contribution in [0.2, 0.25) is 0 Å². The molecule has 1 atom stereocenters. The van der Waals surface area contributed by atoms with Crippen molar-refractivity contribution in [1.29, 1.82) is 0 Å². The maximum atomic E-state index is 4.34. The molecule has 1 aromatic rings. The molecule has 4 heteroatoms. The highest BCUT2D eigenvalue weighted by atomic mass is 32.2. The van der Waals surface area contributed by atoms with E-state index in [9.17, 15) is 0 Å². The predicted molar refractivity (Wildman–Crippen MR) is 71.9 cm³/mol. The third-order valence-corrected chi connectivity index (χ3v) is 3.49. The smallest absolute Gasteiger partial charge is 0.0537 e. The number of hydrogen-bond donors (Lipinski definition) is 1. The average Bonchev–Trinajstić information content (AvgIpc) is 2.78. The quantitative estimate of drug-likeness (QED) is 0.759. The molecule has 1 heterocycles. The van der Waals surface area contributed by atoms with Gasteiger partial charge in [0.25, 0.3) is 0 Å². The van der Waals surface area contributed by atoms with Crippen molar-refractivity contribution in [2.75, 3.05) is 18.1 Å². The van der Waals surface area contributed by atoms with Crippen LogP contribution in [0.4, 0.5) is 0 Å². The molecule has 1 aromatic heterocycles. The molecule has 0 aliphatic heterocycles. The number of nitrogens with one attached hydrogen (secondary N) is 1. The normalized spacial score (nSPS) is 12.9. The van der Waals surface area contributed by atoms with Crippen LogP contribution in [0, 0.1) is 0 Å². The summed E-state index contributed by atoms with van der Waals surface area (Å²) in [5, 5.41) is 7.92. The second kappa shape index (κ2) is 7.74. The van der Waals surface area contributed by atoms with Gasteiger partial charge in [0.2, 0.25) is 0 Å². The van der Waals surface area contributed by atoms with Gasteiger partial charge in [-0.2, -0.15) is 16.9 Å². The molecule has 0 fully saturated rings. The first kappa shape index (κ1) is 13.6. The summed E-state index contributed by atoms with van der Waals surface area (Å²) < 4.78 is 1.99. The van der Waals surface area contributed by atoms with E-state index in [0.717, 1.165) is 18.8 Å². The number of hydrogen-bond acceptors (Lipinski definition) is 3. The van der Waals surface area contributed by atoms with E-state index in [4.69, 9.17) is 0 Å². The lowest BCUT2D eigenvalue weighted by Crippen LogP contribution is -2.23. The van der Waals surface area contributed by atoms with Gasteiger partial charge < -0.3 is 5.32 Å². The van der Waals surface area contributed by atoms with E-state index < -0.39 is 0 Å². The zero-order valence-electron chi connectivity index (χ0n) is 10.6. The Kier molecular flexibility index (Phi) is 6.57. The van der Waals surface area contributed by atoms with Crippen LogP contribution in [0.5, 0.6) is 0 Å². The fourth-order valence-electron chi connectivity index (χ4n) is 1.56. The van der Waals surface area contributed by atoms with E-state index in [0.29, 0.717) is 6.04 Å². The van der Waals surface area contributed by atoms with Gasteiger partial charge in [0.05, 0.1) is 6.20 Å². The number of rotatable bonds is 8. The van der Waals surface area contributed by atoms with Gasteiger partial charge in [-0.3, -0.25) is 4.68 Å². The second-order valence-electron chi connectivity index (χ2n) is 3.80. The lowest BCUT2D eigenvalue weighted by atomic mass is 10.2. The largest absolute Gasteiger partial charge is 0.309 e. The Balaban J connectivity index is 2.58. The average molecular weight is 241 g/mol. The van der Waals surface area contributed by atoms with Gasteiger partial charge in [0.1, 0.15) is 0 Å². The predicted octanol–water partition coefficient (Wildman–Crippen LogP) is 2.70. The summed E-state index contributed by atoms with van der Waals surface area (Å²) in [5.74, 6) is 2.30. The lowest BCUT2D eigenvalue weighted by Gasteiger charge is -2.16. The Hall–Kier alpha value is -0.480. The van der Waals surface area contributed by atoms with Crippen LogP contribution in [0.3, 0.4) is 0 Å². The molecular formula is C12H23N3S. The fourth-order valence-corrected chi connectivity index (χ4v) is 2.34. The van der Waals surface area contributed by atoms with Crippen molar-refractivity contribution in [3.05, 3.63) is 18.0 Å². The molecular weight excluding hydrogens is 218 g/mol. The standard InChI is InChI=1S/C12H23N3S/c1-4-7-13-12(10-16-6-3)11-8-14-15(5-2)9-11/h8-9,12-13H,4-7,10H2,1-3H3. The van der Waals surface area contributed by atoms with Crippen LogP contribution >= 0.6 is 11.8 Å². The highest BCUT2D eigenvalue weighted by Gasteiger charge is 2.12. The number of aromatic nitrogens is 2. The van der Waals surface area contributed by atoms with E-state index in [1.165, 1.54) is 17.7 Å². The Morgan fingerprint density at radius 1 is 1.44 bits per heavy atom. The molecule has 0 amide bonds. The molecule has 0 aromatic carbocycles. The van der Waals surface area contributed by atoms with E-state index in [1.807, 2.05) is 22.6 Å². The van der Waals surface area contributed by atoms with Gasteiger partial charge in [-0.1, -0.05) is 13.8 Å². The van der Waals surface area contributed by atoms with Crippen LogP contribution < -0.4 is 5.32 Å². The molecule has 1 rings (SSSR count). The van der Waals surface area contributed by atoms with Gasteiger partial charge in [0, 0.05) is 30.1 Å². The summed E-state index contributed by atoms with van der Waals surface area (Å²) in [5.41, 5.74) is 1.32. The van der Waals surface area contributed by atoms with Crippen molar-refractivity contribution in [3.63, 3.8) is 0 Å². The molecule has 3 nitrogen and oxygen atoms in total. The maximum Gasteiger partial charge on any atom is 0.0537 e. The van der Waals surface area contributed by atoms with Gasteiger partial charge >= 0.3 is 0 Å². The van der Waals surface area contributed by atoms with Crippen LogP contribution in [0.15, 0.2) is 12.4 Å². The molecule has 0 aliphatic carbocycles. The summed E-state index contributed by atoms with van der Waals surface area (Å²) in [4.78, 5) is 0. The highest BCUT2D eigenvalue weighted by molar-refractivity contribution is 7.99. The minimum Gasteiger partial charge on any atom is -0.309 e. The molecule has 92 valence electrons. The monoisotopic (exact) mass is 241 g/mol. The SMILES string of the molecule is CCCNC(CSCC)c1cnn(CC)c1. The molecule has 1 unspecified atom stereocenters. The first-order valence-corrected chi connectivity index (χ1v) is 7.30. The Morgan fingerprint density at radius 3 is 2.81 bits per heavy atom. The van der Waals surface area contributed by atoms with Crippen molar-refractivity contribution in [2.24, 2.45) is 0 Å². The van der Waals surface area contributed by atoms with Gasteiger partial charge in [-0.05, 0) is 25.6 Å². The summed E-state index contributed by atoms with van der Waals surface area (Å²) >= 11 is 1.98. The summed E-state index contributed by atoms with van der Waals surface area (Å²) in [7, 11) is 0. The highest BCUT2D eigenvalue weighted by Crippen LogP contribution is 2.17. The minimum atomic E-state index is 0.449. The molecule has 0 saturated carbocycles. The topological polar surface area (TPSA) is 29.9 Å². The number of aryl methyl sites for hydroxylation is 1. The van der Waals surface area contributed by atoms with E-state index in [2.05, 4.69) is 37.4 Å². The molecule has 1 N–H and O–H groups in total. The van der Waals surface area contributed by atoms with Crippen LogP contribution in [0.25, 0.3) is 0 Å². The van der Waals surface area contributed by atoms with Crippen molar-refractivity contribution < 1.29 is 0 Å². The van der Waals surface area contributed by atoms with Crippen molar-refractivity contribution in [3.8, 4) is 0 Å². The lowest BCUT2D eigenvalue weighted by molar-refractivity contribution is 0.576. The summed E-state index contributed by atoms with van der Waals surface area (Å²) in [6.45, 7) is 8.54. The van der Waals surface area contributed by atoms with E-state index in [-0.39, 0.29) is 0 Å². The second-order valence-corrected chi connectivity index (χ2v) is 5.11.